The van der Waals surface area contributed by atoms with Crippen LogP contribution in [0.4, 0.5) is 11.4 Å². The Morgan fingerprint density at radius 2 is 2.27 bits per heavy atom. The first kappa shape index (κ1) is 7.72. The summed E-state index contributed by atoms with van der Waals surface area (Å²) in [6.45, 7) is 1.99. The van der Waals surface area contributed by atoms with Crippen molar-refractivity contribution in [3.8, 4) is 0 Å². The van der Waals surface area contributed by atoms with E-state index in [1.807, 2.05) is 13.0 Å². The number of nitrogen functional groups attached to an aromatic ring is 1. The molecule has 0 heterocycles. The molecule has 0 bridgehead atoms. The van der Waals surface area contributed by atoms with E-state index in [-0.39, 0.29) is 0 Å². The fraction of sp³-hybridized carbons (Fsp3) is 0.250. The summed E-state index contributed by atoms with van der Waals surface area (Å²) < 4.78 is 0. The molecule has 0 saturated heterocycles. The topological polar surface area (TPSA) is 55.5 Å². The first-order valence-corrected chi connectivity index (χ1v) is 3.50. The molecule has 0 atom stereocenters. The first-order valence-electron chi connectivity index (χ1n) is 3.50. The third kappa shape index (κ3) is 1.37. The largest absolute Gasteiger partial charge is 0.397 e. The van der Waals surface area contributed by atoms with Crippen molar-refractivity contribution in [3.63, 3.8) is 0 Å². The molecule has 0 aliphatic carbocycles. The van der Waals surface area contributed by atoms with Crippen molar-refractivity contribution < 1.29 is 0 Å². The van der Waals surface area contributed by atoms with Crippen molar-refractivity contribution in [1.29, 1.82) is 0 Å². The van der Waals surface area contributed by atoms with Crippen LogP contribution in [-0.4, -0.2) is 0 Å². The summed E-state index contributed by atoms with van der Waals surface area (Å²) in [7, 11) is 0. The number of nitroso groups, excluding NO2 is 1. The Hall–Kier alpha value is -1.38. The fourth-order valence-corrected chi connectivity index (χ4v) is 0.987. The summed E-state index contributed by atoms with van der Waals surface area (Å²) in [6, 6.07) is 5.29. The van der Waals surface area contributed by atoms with E-state index in [0.29, 0.717) is 11.4 Å². The maximum Gasteiger partial charge on any atom is 0.131 e. The summed E-state index contributed by atoms with van der Waals surface area (Å²) in [5, 5.41) is 2.80. The van der Waals surface area contributed by atoms with E-state index >= 15 is 0 Å². The Kier molecular flexibility index (Phi) is 2.21. The Balaban J connectivity index is 3.20. The minimum absolute atomic E-state index is 0.337. The Morgan fingerprint density at radius 1 is 1.55 bits per heavy atom. The van der Waals surface area contributed by atoms with E-state index in [4.69, 9.17) is 5.73 Å². The van der Waals surface area contributed by atoms with Crippen molar-refractivity contribution in [2.75, 3.05) is 5.73 Å². The Bertz CT molecular complexity index is 271. The molecule has 2 N–H and O–H groups in total. The van der Waals surface area contributed by atoms with E-state index < -0.39 is 0 Å². The molecule has 1 aromatic rings. The van der Waals surface area contributed by atoms with Crippen molar-refractivity contribution in [2.45, 2.75) is 13.3 Å². The molecule has 3 nitrogen and oxygen atoms in total. The van der Waals surface area contributed by atoms with Gasteiger partial charge in [0.15, 0.2) is 0 Å². The number of para-hydroxylation sites is 1. The zero-order valence-electron chi connectivity index (χ0n) is 6.37. The summed E-state index contributed by atoms with van der Waals surface area (Å²) in [6.07, 6.45) is 0.829. The second-order valence-electron chi connectivity index (χ2n) is 2.29. The molecule has 0 unspecified atom stereocenters. The zero-order chi connectivity index (χ0) is 8.27. The maximum absolute atomic E-state index is 10.2. The average molecular weight is 150 g/mol. The van der Waals surface area contributed by atoms with Gasteiger partial charge in [-0.15, -0.1) is 4.91 Å². The number of nitrogens with two attached hydrogens (primary N) is 1. The molecule has 1 rings (SSSR count). The summed E-state index contributed by atoms with van der Waals surface area (Å²) in [4.78, 5) is 10.2. The minimum Gasteiger partial charge on any atom is -0.397 e. The Morgan fingerprint density at radius 3 is 2.82 bits per heavy atom. The van der Waals surface area contributed by atoms with Crippen LogP contribution in [0, 0.1) is 4.91 Å². The van der Waals surface area contributed by atoms with E-state index in [1.165, 1.54) is 0 Å². The number of anilines is 1. The summed E-state index contributed by atoms with van der Waals surface area (Å²) >= 11 is 0. The fourth-order valence-electron chi connectivity index (χ4n) is 0.987. The highest BCUT2D eigenvalue weighted by atomic mass is 16.3. The maximum atomic E-state index is 10.2. The smallest absolute Gasteiger partial charge is 0.131 e. The van der Waals surface area contributed by atoms with Gasteiger partial charge in [-0.3, -0.25) is 0 Å². The van der Waals surface area contributed by atoms with Crippen molar-refractivity contribution in [1.82, 2.24) is 0 Å². The molecule has 0 fully saturated rings. The van der Waals surface area contributed by atoms with E-state index in [9.17, 15) is 4.91 Å². The highest BCUT2D eigenvalue weighted by Crippen LogP contribution is 2.25. The van der Waals surface area contributed by atoms with Crippen LogP contribution in [0.3, 0.4) is 0 Å². The normalized spacial score (nSPS) is 9.55. The molecule has 0 radical (unpaired) electrons. The second-order valence-corrected chi connectivity index (χ2v) is 2.29. The van der Waals surface area contributed by atoms with Gasteiger partial charge in [0.2, 0.25) is 0 Å². The van der Waals surface area contributed by atoms with Gasteiger partial charge in [0.25, 0.3) is 0 Å². The van der Waals surface area contributed by atoms with Crippen LogP contribution >= 0.6 is 0 Å². The third-order valence-corrected chi connectivity index (χ3v) is 1.65. The van der Waals surface area contributed by atoms with Crippen molar-refractivity contribution in [3.05, 3.63) is 28.7 Å². The lowest BCUT2D eigenvalue weighted by Gasteiger charge is -2.02. The van der Waals surface area contributed by atoms with Crippen LogP contribution in [0.1, 0.15) is 12.5 Å². The van der Waals surface area contributed by atoms with Gasteiger partial charge < -0.3 is 5.73 Å². The molecule has 0 saturated carbocycles. The second kappa shape index (κ2) is 3.14. The molecule has 0 aliphatic heterocycles. The summed E-state index contributed by atoms with van der Waals surface area (Å²) in [5.74, 6) is 0. The monoisotopic (exact) mass is 150 g/mol. The quantitative estimate of drug-likeness (QED) is 0.519. The van der Waals surface area contributed by atoms with Crippen LogP contribution in [0.15, 0.2) is 23.4 Å². The predicted octanol–water partition coefficient (Wildman–Crippen LogP) is 2.23. The van der Waals surface area contributed by atoms with Gasteiger partial charge >= 0.3 is 0 Å². The van der Waals surface area contributed by atoms with E-state index in [2.05, 4.69) is 5.18 Å². The lowest BCUT2D eigenvalue weighted by atomic mass is 10.1. The Labute approximate surface area is 65.2 Å². The van der Waals surface area contributed by atoms with Crippen LogP contribution in [0.5, 0.6) is 0 Å². The molecule has 3 heteroatoms. The average Bonchev–Trinajstić information content (AvgIpc) is 2.05. The highest BCUT2D eigenvalue weighted by Gasteiger charge is 2.01. The molecule has 11 heavy (non-hydrogen) atoms. The van der Waals surface area contributed by atoms with Gasteiger partial charge in [-0.1, -0.05) is 19.1 Å². The van der Waals surface area contributed by atoms with E-state index in [0.717, 1.165) is 12.0 Å². The first-order chi connectivity index (χ1) is 5.29. The molecule has 58 valence electrons. The third-order valence-electron chi connectivity index (χ3n) is 1.65. The number of aryl methyl sites for hydroxylation is 1. The molecule has 0 amide bonds. The van der Waals surface area contributed by atoms with Crippen LogP contribution in [0.2, 0.25) is 0 Å². The van der Waals surface area contributed by atoms with Gasteiger partial charge in [0, 0.05) is 0 Å². The molecular weight excluding hydrogens is 140 g/mol. The lowest BCUT2D eigenvalue weighted by Crippen LogP contribution is -1.91. The number of nitrogens with zero attached hydrogens (tertiary/aromatic N) is 1. The van der Waals surface area contributed by atoms with E-state index in [1.54, 1.807) is 12.1 Å². The zero-order valence-corrected chi connectivity index (χ0v) is 6.37. The number of hydrogen-bond donors (Lipinski definition) is 1. The lowest BCUT2D eigenvalue weighted by molar-refractivity contribution is 1.14. The summed E-state index contributed by atoms with van der Waals surface area (Å²) in [5.41, 5.74) is 7.43. The number of rotatable bonds is 2. The molecule has 0 spiro atoms. The molecular formula is C8H10N2O. The van der Waals surface area contributed by atoms with Crippen molar-refractivity contribution >= 4 is 11.4 Å². The van der Waals surface area contributed by atoms with Crippen molar-refractivity contribution in [2.24, 2.45) is 5.18 Å². The SMILES string of the molecule is CCc1cccc(N=O)c1N. The number of hydrogen-bond acceptors (Lipinski definition) is 3. The van der Waals surface area contributed by atoms with Crippen LogP contribution < -0.4 is 5.73 Å². The van der Waals surface area contributed by atoms with Gasteiger partial charge in [-0.05, 0) is 23.2 Å². The van der Waals surface area contributed by atoms with Crippen LogP contribution in [0.25, 0.3) is 0 Å². The van der Waals surface area contributed by atoms with Gasteiger partial charge in [-0.2, -0.15) is 0 Å². The standard InChI is InChI=1S/C8H10N2O/c1-2-6-4-3-5-7(10-11)8(6)9/h3-5H,2,9H2,1H3. The van der Waals surface area contributed by atoms with Gasteiger partial charge in [0.05, 0.1) is 5.69 Å². The van der Waals surface area contributed by atoms with Gasteiger partial charge in [-0.25, -0.2) is 0 Å². The molecule has 0 aromatic heterocycles. The minimum atomic E-state index is 0.337. The van der Waals surface area contributed by atoms with Gasteiger partial charge in [0.1, 0.15) is 5.69 Å². The van der Waals surface area contributed by atoms with Crippen LogP contribution in [-0.2, 0) is 6.42 Å². The number of benzene rings is 1. The highest BCUT2D eigenvalue weighted by molar-refractivity contribution is 5.66. The molecule has 1 aromatic carbocycles. The predicted molar refractivity (Wildman–Crippen MR) is 45.7 cm³/mol. The molecule has 0 aliphatic rings.